The van der Waals surface area contributed by atoms with E-state index in [4.69, 9.17) is 5.11 Å². The Balaban J connectivity index is 1.94. The maximum Gasteiger partial charge on any atom is 0.293 e. The van der Waals surface area contributed by atoms with Crippen LogP contribution in [0.2, 0.25) is 0 Å². The van der Waals surface area contributed by atoms with Gasteiger partial charge in [0.15, 0.2) is 0 Å². The average Bonchev–Trinajstić information content (AvgIpc) is 2.98. The van der Waals surface area contributed by atoms with Crippen LogP contribution in [0, 0.1) is 5.92 Å². The highest BCUT2D eigenvalue weighted by molar-refractivity contribution is 5.90. The van der Waals surface area contributed by atoms with Crippen molar-refractivity contribution in [2.24, 2.45) is 5.92 Å². The summed E-state index contributed by atoms with van der Waals surface area (Å²) in [6.45, 7) is 3.69. The standard InChI is InChI=1S/C12H20N4O2/c1-2-3-10-13-11(15-14-10)12(18)16-6-4-9(8-16)5-7-17/h9,17H,2-8H2,1H3,(H,13,14,15). The first-order chi connectivity index (χ1) is 8.74. The first-order valence-electron chi connectivity index (χ1n) is 6.56. The van der Waals surface area contributed by atoms with Gasteiger partial charge < -0.3 is 10.0 Å². The molecule has 0 bridgehead atoms. The molecule has 1 aromatic rings. The van der Waals surface area contributed by atoms with Crippen molar-refractivity contribution >= 4 is 5.91 Å². The van der Waals surface area contributed by atoms with Gasteiger partial charge in [0.05, 0.1) is 0 Å². The zero-order valence-electron chi connectivity index (χ0n) is 10.7. The van der Waals surface area contributed by atoms with E-state index in [-0.39, 0.29) is 18.3 Å². The molecule has 0 spiro atoms. The number of aromatic nitrogens is 3. The summed E-state index contributed by atoms with van der Waals surface area (Å²) in [7, 11) is 0. The number of H-pyrrole nitrogens is 1. The lowest BCUT2D eigenvalue weighted by Gasteiger charge is -2.13. The SMILES string of the molecule is CCCc1nc(C(=O)N2CCC(CCO)C2)n[nH]1. The van der Waals surface area contributed by atoms with Crippen LogP contribution in [0.1, 0.15) is 42.6 Å². The van der Waals surface area contributed by atoms with Crippen molar-refractivity contribution in [1.29, 1.82) is 0 Å². The molecule has 1 amide bonds. The summed E-state index contributed by atoms with van der Waals surface area (Å²) in [6.07, 6.45) is 3.51. The number of aliphatic hydroxyl groups excluding tert-OH is 1. The summed E-state index contributed by atoms with van der Waals surface area (Å²) >= 11 is 0. The van der Waals surface area contributed by atoms with Gasteiger partial charge in [0.2, 0.25) is 5.82 Å². The van der Waals surface area contributed by atoms with Crippen LogP contribution < -0.4 is 0 Å². The molecule has 1 aliphatic heterocycles. The number of likely N-dealkylation sites (tertiary alicyclic amines) is 1. The topological polar surface area (TPSA) is 82.1 Å². The lowest BCUT2D eigenvalue weighted by Crippen LogP contribution is -2.29. The molecule has 1 fully saturated rings. The Morgan fingerprint density at radius 1 is 1.61 bits per heavy atom. The van der Waals surface area contributed by atoms with Crippen LogP contribution in [0.25, 0.3) is 0 Å². The van der Waals surface area contributed by atoms with Crippen molar-refractivity contribution < 1.29 is 9.90 Å². The number of aromatic amines is 1. The molecule has 2 rings (SSSR count). The Morgan fingerprint density at radius 3 is 3.17 bits per heavy atom. The van der Waals surface area contributed by atoms with Gasteiger partial charge in [-0.15, -0.1) is 5.10 Å². The highest BCUT2D eigenvalue weighted by atomic mass is 16.3. The minimum Gasteiger partial charge on any atom is -0.396 e. The molecule has 6 nitrogen and oxygen atoms in total. The predicted octanol–water partition coefficient (Wildman–Crippen LogP) is 0.602. The zero-order chi connectivity index (χ0) is 13.0. The largest absolute Gasteiger partial charge is 0.396 e. The highest BCUT2D eigenvalue weighted by Gasteiger charge is 2.28. The number of aryl methyl sites for hydroxylation is 1. The summed E-state index contributed by atoms with van der Waals surface area (Å²) in [4.78, 5) is 18.1. The molecule has 6 heteroatoms. The van der Waals surface area contributed by atoms with Gasteiger partial charge in [-0.2, -0.15) is 0 Å². The van der Waals surface area contributed by atoms with E-state index < -0.39 is 0 Å². The van der Waals surface area contributed by atoms with E-state index in [2.05, 4.69) is 22.1 Å². The van der Waals surface area contributed by atoms with Crippen molar-refractivity contribution in [3.05, 3.63) is 11.6 Å². The fourth-order valence-corrected chi connectivity index (χ4v) is 2.32. The Morgan fingerprint density at radius 2 is 2.44 bits per heavy atom. The van der Waals surface area contributed by atoms with Crippen LogP contribution in [0.3, 0.4) is 0 Å². The Kier molecular flexibility index (Phi) is 4.30. The normalized spacial score (nSPS) is 19.4. The number of carbonyl (C=O) groups is 1. The average molecular weight is 252 g/mol. The van der Waals surface area contributed by atoms with Crippen LogP contribution in [0.5, 0.6) is 0 Å². The van der Waals surface area contributed by atoms with E-state index in [1.807, 2.05) is 0 Å². The molecular formula is C12H20N4O2. The first-order valence-corrected chi connectivity index (χ1v) is 6.56. The molecule has 1 saturated heterocycles. The molecular weight excluding hydrogens is 232 g/mol. The van der Waals surface area contributed by atoms with Gasteiger partial charge >= 0.3 is 0 Å². The van der Waals surface area contributed by atoms with Gasteiger partial charge in [-0.3, -0.25) is 9.89 Å². The number of rotatable bonds is 5. The third-order valence-electron chi connectivity index (χ3n) is 3.32. The van der Waals surface area contributed by atoms with Crippen molar-refractivity contribution in [3.8, 4) is 0 Å². The van der Waals surface area contributed by atoms with Gasteiger partial charge in [0.1, 0.15) is 5.82 Å². The van der Waals surface area contributed by atoms with Gasteiger partial charge in [0.25, 0.3) is 5.91 Å². The van der Waals surface area contributed by atoms with Gasteiger partial charge in [-0.1, -0.05) is 6.92 Å². The number of aliphatic hydroxyl groups is 1. The molecule has 0 saturated carbocycles. The number of carbonyl (C=O) groups excluding carboxylic acids is 1. The quantitative estimate of drug-likeness (QED) is 0.804. The number of nitrogens with zero attached hydrogens (tertiary/aromatic N) is 3. The van der Waals surface area contributed by atoms with Crippen LogP contribution in [0.4, 0.5) is 0 Å². The van der Waals surface area contributed by atoms with E-state index in [1.165, 1.54) is 0 Å². The maximum atomic E-state index is 12.1. The lowest BCUT2D eigenvalue weighted by molar-refractivity contribution is 0.0773. The van der Waals surface area contributed by atoms with Crippen LogP contribution in [0.15, 0.2) is 0 Å². The Bertz CT molecular complexity index is 405. The monoisotopic (exact) mass is 252 g/mol. The van der Waals surface area contributed by atoms with Crippen molar-refractivity contribution in [2.45, 2.75) is 32.6 Å². The van der Waals surface area contributed by atoms with Crippen LogP contribution in [-0.4, -0.2) is 50.8 Å². The van der Waals surface area contributed by atoms with Gasteiger partial charge in [-0.05, 0) is 25.2 Å². The highest BCUT2D eigenvalue weighted by Crippen LogP contribution is 2.20. The molecule has 2 heterocycles. The molecule has 0 aromatic carbocycles. The number of hydrogen-bond donors (Lipinski definition) is 2. The van der Waals surface area contributed by atoms with E-state index in [9.17, 15) is 4.79 Å². The summed E-state index contributed by atoms with van der Waals surface area (Å²) in [6, 6.07) is 0. The molecule has 1 aliphatic rings. The molecule has 2 N–H and O–H groups in total. The molecule has 0 aliphatic carbocycles. The maximum absolute atomic E-state index is 12.1. The summed E-state index contributed by atoms with van der Waals surface area (Å²) in [5.41, 5.74) is 0. The van der Waals surface area contributed by atoms with Crippen molar-refractivity contribution in [2.75, 3.05) is 19.7 Å². The Labute approximate surface area is 106 Å². The number of hydrogen-bond acceptors (Lipinski definition) is 4. The molecule has 1 unspecified atom stereocenters. The third kappa shape index (κ3) is 2.87. The second-order valence-corrected chi connectivity index (χ2v) is 4.77. The fourth-order valence-electron chi connectivity index (χ4n) is 2.32. The summed E-state index contributed by atoms with van der Waals surface area (Å²) < 4.78 is 0. The summed E-state index contributed by atoms with van der Waals surface area (Å²) in [5.74, 6) is 1.34. The van der Waals surface area contributed by atoms with Crippen molar-refractivity contribution in [1.82, 2.24) is 20.1 Å². The van der Waals surface area contributed by atoms with Crippen LogP contribution >= 0.6 is 0 Å². The predicted molar refractivity (Wildman–Crippen MR) is 66.1 cm³/mol. The second-order valence-electron chi connectivity index (χ2n) is 4.77. The second kappa shape index (κ2) is 5.95. The zero-order valence-corrected chi connectivity index (χ0v) is 10.7. The Hall–Kier alpha value is -1.43. The van der Waals surface area contributed by atoms with E-state index in [0.29, 0.717) is 12.5 Å². The van der Waals surface area contributed by atoms with Gasteiger partial charge in [-0.25, -0.2) is 4.98 Å². The molecule has 100 valence electrons. The third-order valence-corrected chi connectivity index (χ3v) is 3.32. The van der Waals surface area contributed by atoms with Crippen LogP contribution in [-0.2, 0) is 6.42 Å². The minimum absolute atomic E-state index is 0.103. The van der Waals surface area contributed by atoms with E-state index in [1.54, 1.807) is 4.90 Å². The molecule has 1 atom stereocenters. The van der Waals surface area contributed by atoms with E-state index >= 15 is 0 Å². The molecule has 18 heavy (non-hydrogen) atoms. The number of nitrogens with one attached hydrogen (secondary N) is 1. The molecule has 0 radical (unpaired) electrons. The minimum atomic E-state index is -0.103. The van der Waals surface area contributed by atoms with Gasteiger partial charge in [0, 0.05) is 26.1 Å². The molecule has 1 aromatic heterocycles. The lowest BCUT2D eigenvalue weighted by atomic mass is 10.1. The van der Waals surface area contributed by atoms with E-state index in [0.717, 1.165) is 38.1 Å². The fraction of sp³-hybridized carbons (Fsp3) is 0.750. The number of amides is 1. The summed E-state index contributed by atoms with van der Waals surface area (Å²) in [5, 5.41) is 15.7. The van der Waals surface area contributed by atoms with Crippen molar-refractivity contribution in [3.63, 3.8) is 0 Å². The first kappa shape index (κ1) is 13.0. The smallest absolute Gasteiger partial charge is 0.293 e.